The van der Waals surface area contributed by atoms with Crippen LogP contribution in [-0.4, -0.2) is 35.5 Å². The zero-order chi connectivity index (χ0) is 13.1. The monoisotopic (exact) mass is 266 g/mol. The number of hydrogen-bond donors (Lipinski definition) is 1. The van der Waals surface area contributed by atoms with Crippen LogP contribution in [0.25, 0.3) is 0 Å². The fraction of sp³-hybridized carbons (Fsp3) is 0.900. The molecule has 0 rings (SSSR count). The van der Waals surface area contributed by atoms with Crippen LogP contribution in [0.1, 0.15) is 34.6 Å². The molecule has 16 heavy (non-hydrogen) atoms. The first-order valence-electron chi connectivity index (χ1n) is 5.33. The summed E-state index contributed by atoms with van der Waals surface area (Å²) in [7, 11) is -3.30. The second kappa shape index (κ2) is 5.42. The molecule has 2 N–H and O–H groups in total. The Labute approximate surface area is 104 Å². The van der Waals surface area contributed by atoms with Crippen molar-refractivity contribution in [1.82, 2.24) is 4.31 Å². The average Bonchev–Trinajstić information content (AvgIpc) is 2.11. The Morgan fingerprint density at radius 2 is 1.88 bits per heavy atom. The van der Waals surface area contributed by atoms with Crippen molar-refractivity contribution in [3.05, 3.63) is 0 Å². The summed E-state index contributed by atoms with van der Waals surface area (Å²) in [6.07, 6.45) is 0. The molecule has 0 aromatic carbocycles. The Balaban J connectivity index is 4.96. The predicted octanol–water partition coefficient (Wildman–Crippen LogP) is 1.36. The van der Waals surface area contributed by atoms with Crippen molar-refractivity contribution in [3.8, 4) is 0 Å². The third-order valence-electron chi connectivity index (χ3n) is 2.43. The van der Waals surface area contributed by atoms with Crippen LogP contribution in [0.5, 0.6) is 0 Å². The van der Waals surface area contributed by atoms with Crippen molar-refractivity contribution >= 4 is 27.2 Å². The minimum Gasteiger partial charge on any atom is -0.393 e. The van der Waals surface area contributed by atoms with Crippen LogP contribution in [0.3, 0.4) is 0 Å². The van der Waals surface area contributed by atoms with Crippen molar-refractivity contribution < 1.29 is 8.42 Å². The Morgan fingerprint density at radius 1 is 1.44 bits per heavy atom. The zero-order valence-corrected chi connectivity index (χ0v) is 12.3. The molecule has 0 heterocycles. The molecule has 0 aromatic rings. The van der Waals surface area contributed by atoms with Crippen LogP contribution >= 0.6 is 12.2 Å². The number of thiocarbonyl (C=S) groups is 1. The lowest BCUT2D eigenvalue weighted by Crippen LogP contribution is -2.46. The Kier molecular flexibility index (Phi) is 5.35. The van der Waals surface area contributed by atoms with Gasteiger partial charge in [-0.05, 0) is 20.8 Å². The quantitative estimate of drug-likeness (QED) is 0.763. The van der Waals surface area contributed by atoms with E-state index in [1.54, 1.807) is 20.8 Å². The van der Waals surface area contributed by atoms with Gasteiger partial charge in [0.25, 0.3) is 0 Å². The van der Waals surface area contributed by atoms with Gasteiger partial charge in [0.15, 0.2) is 0 Å². The van der Waals surface area contributed by atoms with E-state index in [9.17, 15) is 8.42 Å². The molecule has 0 fully saturated rings. The molecule has 0 aliphatic heterocycles. The highest BCUT2D eigenvalue weighted by Gasteiger charge is 2.35. The Morgan fingerprint density at radius 3 is 2.12 bits per heavy atom. The van der Waals surface area contributed by atoms with E-state index in [1.165, 1.54) is 4.31 Å². The van der Waals surface area contributed by atoms with E-state index in [0.29, 0.717) is 18.1 Å². The lowest BCUT2D eigenvalue weighted by molar-refractivity contribution is 0.389. The van der Waals surface area contributed by atoms with E-state index in [1.807, 2.05) is 13.8 Å². The molecule has 0 bridgehead atoms. The van der Waals surface area contributed by atoms with Gasteiger partial charge >= 0.3 is 0 Å². The maximum atomic E-state index is 12.2. The molecule has 96 valence electrons. The number of sulfonamides is 1. The smallest absolute Gasteiger partial charge is 0.219 e. The standard InChI is InChI=1S/C10H22N2O2S2/c1-6-12(7-8(2)9(11)15)16(13,14)10(3,4)5/h8H,6-7H2,1-5H3,(H2,11,15). The summed E-state index contributed by atoms with van der Waals surface area (Å²) in [5.74, 6) is -0.105. The van der Waals surface area contributed by atoms with Crippen molar-refractivity contribution in [3.63, 3.8) is 0 Å². The molecular formula is C10H22N2O2S2. The van der Waals surface area contributed by atoms with E-state index in [-0.39, 0.29) is 5.92 Å². The van der Waals surface area contributed by atoms with Gasteiger partial charge in [-0.3, -0.25) is 0 Å². The lowest BCUT2D eigenvalue weighted by Gasteiger charge is -2.30. The summed E-state index contributed by atoms with van der Waals surface area (Å²) in [5.41, 5.74) is 5.50. The van der Waals surface area contributed by atoms with Gasteiger partial charge < -0.3 is 5.73 Å². The Bertz CT molecular complexity index is 344. The van der Waals surface area contributed by atoms with Crippen LogP contribution in [0.15, 0.2) is 0 Å². The zero-order valence-electron chi connectivity index (χ0n) is 10.6. The first-order chi connectivity index (χ1) is 7.04. The van der Waals surface area contributed by atoms with Gasteiger partial charge in [0.05, 0.1) is 9.74 Å². The molecule has 1 unspecified atom stereocenters. The van der Waals surface area contributed by atoms with Crippen LogP contribution in [-0.2, 0) is 10.0 Å². The molecule has 0 aromatic heterocycles. The molecule has 0 aliphatic carbocycles. The van der Waals surface area contributed by atoms with Crippen molar-refractivity contribution in [2.75, 3.05) is 13.1 Å². The summed E-state index contributed by atoms with van der Waals surface area (Å²) in [5, 5.41) is 0. The summed E-state index contributed by atoms with van der Waals surface area (Å²) in [6.45, 7) is 9.51. The maximum absolute atomic E-state index is 12.2. The van der Waals surface area contributed by atoms with Gasteiger partial charge in [0, 0.05) is 19.0 Å². The number of rotatable bonds is 5. The van der Waals surface area contributed by atoms with Crippen LogP contribution in [0, 0.1) is 5.92 Å². The average molecular weight is 266 g/mol. The van der Waals surface area contributed by atoms with E-state index in [0.717, 1.165) is 0 Å². The van der Waals surface area contributed by atoms with Crippen LogP contribution in [0.4, 0.5) is 0 Å². The van der Waals surface area contributed by atoms with Gasteiger partial charge in [-0.2, -0.15) is 0 Å². The molecule has 4 nitrogen and oxygen atoms in total. The van der Waals surface area contributed by atoms with Crippen molar-refractivity contribution in [2.24, 2.45) is 11.7 Å². The fourth-order valence-electron chi connectivity index (χ4n) is 1.18. The highest BCUT2D eigenvalue weighted by atomic mass is 32.2. The largest absolute Gasteiger partial charge is 0.393 e. The summed E-state index contributed by atoms with van der Waals surface area (Å²) in [4.78, 5) is 0.350. The molecule has 0 radical (unpaired) electrons. The summed E-state index contributed by atoms with van der Waals surface area (Å²) in [6, 6.07) is 0. The van der Waals surface area contributed by atoms with E-state index in [4.69, 9.17) is 18.0 Å². The van der Waals surface area contributed by atoms with Crippen molar-refractivity contribution in [2.45, 2.75) is 39.4 Å². The molecule has 0 amide bonds. The topological polar surface area (TPSA) is 63.4 Å². The number of nitrogens with two attached hydrogens (primary N) is 1. The van der Waals surface area contributed by atoms with Gasteiger partial charge in [-0.15, -0.1) is 0 Å². The second-order valence-electron chi connectivity index (χ2n) is 4.87. The second-order valence-corrected chi connectivity index (χ2v) is 8.03. The van der Waals surface area contributed by atoms with Crippen LogP contribution in [0.2, 0.25) is 0 Å². The van der Waals surface area contributed by atoms with Crippen molar-refractivity contribution in [1.29, 1.82) is 0 Å². The molecule has 6 heteroatoms. The Hall–Kier alpha value is -0.200. The molecule has 0 saturated heterocycles. The minimum absolute atomic E-state index is 0.105. The first-order valence-corrected chi connectivity index (χ1v) is 7.17. The fourth-order valence-corrected chi connectivity index (χ4v) is 2.79. The lowest BCUT2D eigenvalue weighted by atomic mass is 10.2. The van der Waals surface area contributed by atoms with E-state index < -0.39 is 14.8 Å². The normalized spacial score (nSPS) is 15.1. The molecule has 1 atom stereocenters. The number of hydrogen-bond acceptors (Lipinski definition) is 3. The first kappa shape index (κ1) is 15.8. The predicted molar refractivity (Wildman–Crippen MR) is 71.9 cm³/mol. The molecular weight excluding hydrogens is 244 g/mol. The van der Waals surface area contributed by atoms with Gasteiger partial charge in [-0.25, -0.2) is 12.7 Å². The third-order valence-corrected chi connectivity index (χ3v) is 5.47. The SMILES string of the molecule is CCN(CC(C)C(N)=S)S(=O)(=O)C(C)(C)C. The molecule has 0 spiro atoms. The highest BCUT2D eigenvalue weighted by Crippen LogP contribution is 2.21. The summed E-state index contributed by atoms with van der Waals surface area (Å²) < 4.78 is 25.0. The highest BCUT2D eigenvalue weighted by molar-refractivity contribution is 7.90. The molecule has 0 aliphatic rings. The molecule has 0 saturated carbocycles. The van der Waals surface area contributed by atoms with E-state index >= 15 is 0 Å². The minimum atomic E-state index is -3.30. The van der Waals surface area contributed by atoms with Crippen LogP contribution < -0.4 is 5.73 Å². The van der Waals surface area contributed by atoms with Gasteiger partial charge in [0.2, 0.25) is 10.0 Å². The van der Waals surface area contributed by atoms with Gasteiger partial charge in [-0.1, -0.05) is 26.1 Å². The number of nitrogens with zero attached hydrogens (tertiary/aromatic N) is 1. The van der Waals surface area contributed by atoms with E-state index in [2.05, 4.69) is 0 Å². The van der Waals surface area contributed by atoms with Gasteiger partial charge in [0.1, 0.15) is 0 Å². The summed E-state index contributed by atoms with van der Waals surface area (Å²) >= 11 is 4.86. The third kappa shape index (κ3) is 3.68. The maximum Gasteiger partial charge on any atom is 0.219 e.